The zero-order valence-corrected chi connectivity index (χ0v) is 27.8. The highest BCUT2D eigenvalue weighted by atomic mass is 35.5. The molecule has 1 aliphatic carbocycles. The number of fused-ring (bicyclic) bond motifs is 2. The molecule has 10 nitrogen and oxygen atoms in total. The van der Waals surface area contributed by atoms with E-state index >= 15 is 0 Å². The summed E-state index contributed by atoms with van der Waals surface area (Å²) in [6.07, 6.45) is 7.21. The highest BCUT2D eigenvalue weighted by molar-refractivity contribution is 7.89. The summed E-state index contributed by atoms with van der Waals surface area (Å²) in [5.41, 5.74) is 0.178. The number of carbonyl (C=O) groups is 2. The maximum Gasteiger partial charge on any atom is 0.407 e. The molecule has 44 heavy (non-hydrogen) atoms. The Bertz CT molecular complexity index is 1250. The zero-order valence-electron chi connectivity index (χ0n) is 26.2. The van der Waals surface area contributed by atoms with E-state index in [4.69, 9.17) is 21.1 Å². The first-order valence-corrected chi connectivity index (χ1v) is 18.3. The van der Waals surface area contributed by atoms with Gasteiger partial charge in [-0.3, -0.25) is 4.79 Å². The quantitative estimate of drug-likeness (QED) is 0.386. The summed E-state index contributed by atoms with van der Waals surface area (Å²) in [5, 5.41) is 10.4. The van der Waals surface area contributed by atoms with Crippen LogP contribution >= 0.6 is 11.6 Å². The molecule has 1 saturated carbocycles. The van der Waals surface area contributed by atoms with Crippen LogP contribution in [0.15, 0.2) is 24.3 Å². The molecule has 12 heteroatoms. The van der Waals surface area contributed by atoms with Crippen LogP contribution in [-0.4, -0.2) is 87.1 Å². The van der Waals surface area contributed by atoms with Gasteiger partial charge in [-0.2, -0.15) is 4.31 Å². The zero-order chi connectivity index (χ0) is 31.5. The molecular weight excluding hydrogens is 604 g/mol. The molecule has 4 fully saturated rings. The van der Waals surface area contributed by atoms with Gasteiger partial charge in [0, 0.05) is 41.7 Å². The Hall–Kier alpha value is -1.92. The van der Waals surface area contributed by atoms with Crippen LogP contribution in [0.5, 0.6) is 0 Å². The highest BCUT2D eigenvalue weighted by Crippen LogP contribution is 2.43. The lowest BCUT2D eigenvalue weighted by molar-refractivity contribution is -0.130. The molecule has 2 bridgehead atoms. The number of rotatable bonds is 8. The Morgan fingerprint density at radius 2 is 1.80 bits per heavy atom. The fraction of sp³-hybridized carbons (Fsp3) is 0.750. The molecule has 1 unspecified atom stereocenters. The molecule has 4 aliphatic rings. The van der Waals surface area contributed by atoms with E-state index in [2.05, 4.69) is 16.0 Å². The largest absolute Gasteiger partial charge is 0.453 e. The number of halogens is 1. The molecule has 0 spiro atoms. The number of carbonyl (C=O) groups excluding carboxylic acids is 2. The number of piperazine rings is 1. The summed E-state index contributed by atoms with van der Waals surface area (Å²) in [5.74, 6) is 0.203. The molecule has 0 radical (unpaired) electrons. The predicted octanol–water partition coefficient (Wildman–Crippen LogP) is 4.11. The van der Waals surface area contributed by atoms with Crippen molar-refractivity contribution in [2.45, 2.75) is 120 Å². The van der Waals surface area contributed by atoms with Crippen LogP contribution in [0.1, 0.15) is 83.6 Å². The van der Waals surface area contributed by atoms with Crippen molar-refractivity contribution < 1.29 is 27.5 Å². The third-order valence-corrected chi connectivity index (χ3v) is 12.5. The van der Waals surface area contributed by atoms with E-state index in [9.17, 15) is 18.0 Å². The molecule has 3 heterocycles. The summed E-state index contributed by atoms with van der Waals surface area (Å²) >= 11 is 6.25. The second-order valence-electron chi connectivity index (χ2n) is 13.4. The van der Waals surface area contributed by atoms with E-state index in [1.165, 1.54) is 7.11 Å². The van der Waals surface area contributed by atoms with Crippen LogP contribution in [-0.2, 0) is 29.7 Å². The Morgan fingerprint density at radius 3 is 2.50 bits per heavy atom. The summed E-state index contributed by atoms with van der Waals surface area (Å²) < 4.78 is 38.9. The van der Waals surface area contributed by atoms with Crippen molar-refractivity contribution in [3.8, 4) is 0 Å². The Balaban J connectivity index is 1.36. The minimum Gasteiger partial charge on any atom is -0.453 e. The maximum absolute atomic E-state index is 14.4. The normalized spacial score (nSPS) is 36.0. The van der Waals surface area contributed by atoms with Crippen molar-refractivity contribution in [1.29, 1.82) is 0 Å². The highest BCUT2D eigenvalue weighted by Gasteiger charge is 2.50. The van der Waals surface area contributed by atoms with E-state index in [1.54, 1.807) is 4.31 Å². The average molecular weight is 653 g/mol. The van der Waals surface area contributed by atoms with Gasteiger partial charge < -0.3 is 25.4 Å². The van der Waals surface area contributed by atoms with Crippen LogP contribution in [0, 0.1) is 5.92 Å². The number of sulfonamides is 1. The second-order valence-corrected chi connectivity index (χ2v) is 15.9. The van der Waals surface area contributed by atoms with E-state index in [0.717, 1.165) is 50.5 Å². The van der Waals surface area contributed by atoms with Gasteiger partial charge in [-0.05, 0) is 88.8 Å². The summed E-state index contributed by atoms with van der Waals surface area (Å²) in [7, 11) is -1.95. The van der Waals surface area contributed by atoms with Gasteiger partial charge in [-0.25, -0.2) is 13.2 Å². The molecular formula is C32H49ClN4O6S. The molecule has 3 aliphatic heterocycles. The number of nitrogens with one attached hydrogen (secondary N) is 3. The molecule has 5 rings (SSSR count). The fourth-order valence-electron chi connectivity index (χ4n) is 8.31. The SMILES string of the molecule is COC(=O)N[C@H](C(=O)N[C@H]1CCCC[C@@H]1CC[C@H]1CN[C@@H]2CCCS(=O)(=O)N1C2)[C@@]1(c2ccc(Cl)cc2)C[C@@H](C)O[C@@H](C)C1. The third-order valence-electron chi connectivity index (χ3n) is 10.3. The second kappa shape index (κ2) is 14.2. The number of hydrogen-bond donors (Lipinski definition) is 3. The first-order valence-electron chi connectivity index (χ1n) is 16.3. The number of alkyl carbamates (subject to hydrolysis) is 1. The van der Waals surface area contributed by atoms with Crippen LogP contribution in [0.4, 0.5) is 4.79 Å². The summed E-state index contributed by atoms with van der Waals surface area (Å²) in [6.45, 7) is 5.21. The topological polar surface area (TPSA) is 126 Å². The smallest absolute Gasteiger partial charge is 0.407 e. The monoisotopic (exact) mass is 652 g/mol. The standard InChI is InChI=1S/C32H49ClN4O6S/c1-21-17-32(18-22(2)43-21,24-11-13-25(33)14-12-24)29(36-31(39)42-3)30(38)35-28-9-5-4-7-23(28)10-15-27-19-34-26-8-6-16-44(40,41)37(27)20-26/h11-14,21-23,26-29,34H,4-10,15-20H2,1-3H3,(H,35,38)(H,36,39)/t21-,22+,23-,26-,27+,28+,29-,32+/m1/s1. The fourth-order valence-corrected chi connectivity index (χ4v) is 10.2. The van der Waals surface area contributed by atoms with E-state index < -0.39 is 27.6 Å². The van der Waals surface area contributed by atoms with Crippen LogP contribution in [0.2, 0.25) is 5.02 Å². The third kappa shape index (κ3) is 7.54. The Kier molecular flexibility index (Phi) is 10.8. The minimum atomic E-state index is -3.26. The predicted molar refractivity (Wildman–Crippen MR) is 170 cm³/mol. The molecule has 2 amide bonds. The molecule has 1 aromatic carbocycles. The van der Waals surface area contributed by atoms with Gasteiger partial charge in [0.25, 0.3) is 0 Å². The average Bonchev–Trinajstić information content (AvgIpc) is 3.10. The number of ether oxygens (including phenoxy) is 2. The number of nitrogens with zero attached hydrogens (tertiary/aromatic N) is 1. The molecule has 3 saturated heterocycles. The first kappa shape index (κ1) is 33.4. The van der Waals surface area contributed by atoms with Crippen molar-refractivity contribution in [2.75, 3.05) is 26.0 Å². The Morgan fingerprint density at radius 1 is 1.09 bits per heavy atom. The van der Waals surface area contributed by atoms with Gasteiger partial charge in [0.1, 0.15) is 6.04 Å². The number of amides is 2. The van der Waals surface area contributed by atoms with Crippen molar-refractivity contribution >= 4 is 33.6 Å². The van der Waals surface area contributed by atoms with Crippen molar-refractivity contribution in [1.82, 2.24) is 20.3 Å². The molecule has 9 atom stereocenters. The van der Waals surface area contributed by atoms with Crippen molar-refractivity contribution in [3.63, 3.8) is 0 Å². The minimum absolute atomic E-state index is 0.0693. The number of benzene rings is 1. The van der Waals surface area contributed by atoms with Crippen molar-refractivity contribution in [2.24, 2.45) is 5.92 Å². The lowest BCUT2D eigenvalue weighted by Gasteiger charge is -2.48. The van der Waals surface area contributed by atoms with Crippen LogP contribution in [0.3, 0.4) is 0 Å². The van der Waals surface area contributed by atoms with Gasteiger partial charge in [0.15, 0.2) is 0 Å². The summed E-state index contributed by atoms with van der Waals surface area (Å²) in [4.78, 5) is 27.1. The molecule has 0 aromatic heterocycles. The van der Waals surface area contributed by atoms with Gasteiger partial charge in [-0.15, -0.1) is 0 Å². The van der Waals surface area contributed by atoms with Gasteiger partial charge in [0.2, 0.25) is 15.9 Å². The lowest BCUT2D eigenvalue weighted by atomic mass is 9.65. The van der Waals surface area contributed by atoms with Crippen LogP contribution in [0.25, 0.3) is 0 Å². The lowest BCUT2D eigenvalue weighted by Crippen LogP contribution is -2.63. The van der Waals surface area contributed by atoms with Gasteiger partial charge in [0.05, 0.1) is 25.1 Å². The Labute approximate surface area is 267 Å². The number of methoxy groups -OCH3 is 1. The van der Waals surface area contributed by atoms with E-state index in [0.29, 0.717) is 37.4 Å². The summed E-state index contributed by atoms with van der Waals surface area (Å²) in [6, 6.07) is 6.72. The van der Waals surface area contributed by atoms with E-state index in [1.807, 2.05) is 38.1 Å². The van der Waals surface area contributed by atoms with Gasteiger partial charge in [-0.1, -0.05) is 36.6 Å². The van der Waals surface area contributed by atoms with E-state index in [-0.39, 0.29) is 47.9 Å². The van der Waals surface area contributed by atoms with Crippen molar-refractivity contribution in [3.05, 3.63) is 34.9 Å². The molecule has 3 N–H and O–H groups in total. The first-order chi connectivity index (χ1) is 21.0. The number of hydrogen-bond acceptors (Lipinski definition) is 7. The van der Waals surface area contributed by atoms with Gasteiger partial charge >= 0.3 is 6.09 Å². The maximum atomic E-state index is 14.4. The molecule has 246 valence electrons. The molecule has 1 aromatic rings. The van der Waals surface area contributed by atoms with Crippen LogP contribution < -0.4 is 16.0 Å².